The molecule has 0 aliphatic carbocycles. The van der Waals surface area contributed by atoms with Crippen LogP contribution in [0.2, 0.25) is 0 Å². The highest BCUT2D eigenvalue weighted by Gasteiger charge is 2.18. The average molecular weight is 510 g/mol. The highest BCUT2D eigenvalue weighted by atomic mass is 16.5. The molecule has 0 bridgehead atoms. The molecule has 38 heavy (non-hydrogen) atoms. The minimum atomic E-state index is -0.550. The first-order valence-corrected chi connectivity index (χ1v) is 12.3. The van der Waals surface area contributed by atoms with Gasteiger partial charge in [-0.1, -0.05) is 87.5 Å². The minimum absolute atomic E-state index is 0.0151. The number of hydrogen-bond donors (Lipinski definition) is 3. The maximum atomic E-state index is 12.7. The molecule has 0 aliphatic rings. The van der Waals surface area contributed by atoms with Gasteiger partial charge in [-0.15, -0.1) is 10.2 Å². The number of amides is 2. The van der Waals surface area contributed by atoms with E-state index in [9.17, 15) is 9.59 Å². The molecule has 1 heterocycles. The van der Waals surface area contributed by atoms with Gasteiger partial charge in [0.25, 0.3) is 0 Å². The van der Waals surface area contributed by atoms with Gasteiger partial charge in [-0.3, -0.25) is 10.1 Å². The summed E-state index contributed by atoms with van der Waals surface area (Å²) in [6.45, 7) is 6.42. The number of hydrogen-bond acceptors (Lipinski definition) is 6. The van der Waals surface area contributed by atoms with Crippen molar-refractivity contribution in [2.45, 2.75) is 38.6 Å². The topological polar surface area (TPSA) is 119 Å². The highest BCUT2D eigenvalue weighted by molar-refractivity contribution is 6.00. The van der Waals surface area contributed by atoms with Crippen LogP contribution in [0.15, 0.2) is 91.0 Å². The zero-order valence-electron chi connectivity index (χ0n) is 21.6. The number of nitrogens with two attached hydrogens (primary N) is 1. The monoisotopic (exact) mass is 509 g/mol. The van der Waals surface area contributed by atoms with Crippen molar-refractivity contribution in [1.82, 2.24) is 10.2 Å². The number of benzene rings is 3. The van der Waals surface area contributed by atoms with Gasteiger partial charge in [-0.25, -0.2) is 4.79 Å². The zero-order chi connectivity index (χ0) is 27.1. The maximum absolute atomic E-state index is 12.7. The molecule has 4 aromatic rings. The molecule has 4 rings (SSSR count). The molecule has 8 nitrogen and oxygen atoms in total. The second kappa shape index (κ2) is 11.7. The summed E-state index contributed by atoms with van der Waals surface area (Å²) in [6.07, 6.45) is -0.0151. The van der Waals surface area contributed by atoms with Crippen molar-refractivity contribution in [3.8, 4) is 17.0 Å². The van der Waals surface area contributed by atoms with E-state index in [1.54, 1.807) is 36.4 Å². The predicted molar refractivity (Wildman–Crippen MR) is 149 cm³/mol. The average Bonchev–Trinajstić information content (AvgIpc) is 2.90. The number of urea groups is 1. The van der Waals surface area contributed by atoms with Gasteiger partial charge in [0.1, 0.15) is 0 Å². The third-order valence-electron chi connectivity index (χ3n) is 5.93. The van der Waals surface area contributed by atoms with Crippen LogP contribution in [0.1, 0.15) is 44.4 Å². The fraction of sp³-hybridized carbons (Fsp3) is 0.200. The Kier molecular flexibility index (Phi) is 8.13. The SMILES string of the molecule is CC(C)(C)c1ccc(C(N)CC(=O)Oc2ccccc2NC(=O)Nc2ccc(-c3ccccc3)nn2)cc1. The standard InChI is InChI=1S/C30H31N5O3/c1-30(2,3)22-15-13-20(14-16-22)23(31)19-28(36)38-26-12-8-7-11-25(26)32-29(37)33-27-18-17-24(34-35-27)21-9-5-4-6-10-21/h4-18,23H,19,31H2,1-3H3,(H2,32,33,35,37). The van der Waals surface area contributed by atoms with Crippen LogP contribution in [0.25, 0.3) is 11.3 Å². The van der Waals surface area contributed by atoms with Crippen LogP contribution in [-0.4, -0.2) is 22.2 Å². The van der Waals surface area contributed by atoms with Gasteiger partial charge in [-0.05, 0) is 40.8 Å². The molecule has 3 aromatic carbocycles. The number of rotatable bonds is 7. The molecule has 0 saturated carbocycles. The van der Waals surface area contributed by atoms with Crippen LogP contribution in [0.4, 0.5) is 16.3 Å². The summed E-state index contributed by atoms with van der Waals surface area (Å²) < 4.78 is 5.54. The number of nitrogens with one attached hydrogen (secondary N) is 2. The Morgan fingerprint density at radius 3 is 2.18 bits per heavy atom. The number of anilines is 2. The molecule has 0 radical (unpaired) electrons. The second-order valence-corrected chi connectivity index (χ2v) is 9.90. The van der Waals surface area contributed by atoms with Gasteiger partial charge in [0, 0.05) is 11.6 Å². The van der Waals surface area contributed by atoms with Crippen molar-refractivity contribution in [2.24, 2.45) is 5.73 Å². The third kappa shape index (κ3) is 7.02. The summed E-state index contributed by atoms with van der Waals surface area (Å²) in [5, 5.41) is 13.6. The fourth-order valence-electron chi connectivity index (χ4n) is 3.78. The lowest BCUT2D eigenvalue weighted by Crippen LogP contribution is -2.22. The molecule has 2 amide bonds. The third-order valence-corrected chi connectivity index (χ3v) is 5.93. The molecule has 1 atom stereocenters. The summed E-state index contributed by atoms with van der Waals surface area (Å²) >= 11 is 0. The number of esters is 1. The molecule has 8 heteroatoms. The van der Waals surface area contributed by atoms with E-state index < -0.39 is 18.0 Å². The quantitative estimate of drug-likeness (QED) is 0.205. The van der Waals surface area contributed by atoms with E-state index in [1.165, 1.54) is 5.56 Å². The first-order valence-electron chi connectivity index (χ1n) is 12.3. The molecule has 194 valence electrons. The van der Waals surface area contributed by atoms with Gasteiger partial charge in [0.05, 0.1) is 17.8 Å². The molecular formula is C30H31N5O3. The van der Waals surface area contributed by atoms with Crippen molar-refractivity contribution in [2.75, 3.05) is 10.6 Å². The van der Waals surface area contributed by atoms with Crippen molar-refractivity contribution >= 4 is 23.5 Å². The van der Waals surface area contributed by atoms with Crippen LogP contribution < -0.4 is 21.1 Å². The van der Waals surface area contributed by atoms with Crippen molar-refractivity contribution < 1.29 is 14.3 Å². The Morgan fingerprint density at radius 2 is 1.53 bits per heavy atom. The number of aromatic nitrogens is 2. The van der Waals surface area contributed by atoms with E-state index in [0.29, 0.717) is 11.4 Å². The smallest absolute Gasteiger partial charge is 0.325 e. The molecule has 0 spiro atoms. The number of ether oxygens (including phenoxy) is 1. The summed E-state index contributed by atoms with van der Waals surface area (Å²) in [5.41, 5.74) is 10.3. The zero-order valence-corrected chi connectivity index (χ0v) is 21.6. The molecule has 1 unspecified atom stereocenters. The van der Waals surface area contributed by atoms with Gasteiger partial charge in [-0.2, -0.15) is 0 Å². The molecule has 0 aliphatic heterocycles. The van der Waals surface area contributed by atoms with Crippen LogP contribution in [-0.2, 0) is 10.2 Å². The van der Waals surface area contributed by atoms with Crippen LogP contribution in [0.3, 0.4) is 0 Å². The van der Waals surface area contributed by atoms with E-state index in [0.717, 1.165) is 11.1 Å². The lowest BCUT2D eigenvalue weighted by molar-refractivity contribution is -0.134. The fourth-order valence-corrected chi connectivity index (χ4v) is 3.78. The van der Waals surface area contributed by atoms with E-state index in [1.807, 2.05) is 54.6 Å². The van der Waals surface area contributed by atoms with Gasteiger partial charge < -0.3 is 15.8 Å². The Balaban J connectivity index is 1.34. The summed E-state index contributed by atoms with van der Waals surface area (Å²) in [5.74, 6) is -0.0111. The second-order valence-electron chi connectivity index (χ2n) is 9.90. The lowest BCUT2D eigenvalue weighted by atomic mass is 9.86. The van der Waals surface area contributed by atoms with E-state index in [-0.39, 0.29) is 23.4 Å². The largest absolute Gasteiger partial charge is 0.424 e. The first kappa shape index (κ1) is 26.5. The number of carbonyl (C=O) groups excluding carboxylic acids is 2. The maximum Gasteiger partial charge on any atom is 0.325 e. The molecular weight excluding hydrogens is 478 g/mol. The Hall–Kier alpha value is -4.56. The Morgan fingerprint density at radius 1 is 0.842 bits per heavy atom. The minimum Gasteiger partial charge on any atom is -0.424 e. The number of para-hydroxylation sites is 2. The van der Waals surface area contributed by atoms with Gasteiger partial charge in [0.15, 0.2) is 11.6 Å². The molecule has 0 saturated heterocycles. The number of carbonyl (C=O) groups is 2. The van der Waals surface area contributed by atoms with Gasteiger partial charge >= 0.3 is 12.0 Å². The van der Waals surface area contributed by atoms with E-state index in [4.69, 9.17) is 10.5 Å². The van der Waals surface area contributed by atoms with Crippen molar-refractivity contribution in [3.05, 3.63) is 102 Å². The molecule has 4 N–H and O–H groups in total. The first-order chi connectivity index (χ1) is 18.2. The van der Waals surface area contributed by atoms with E-state index in [2.05, 4.69) is 41.6 Å². The molecule has 0 fully saturated rings. The Bertz CT molecular complexity index is 1380. The molecule has 1 aromatic heterocycles. The van der Waals surface area contributed by atoms with Crippen molar-refractivity contribution in [1.29, 1.82) is 0 Å². The predicted octanol–water partition coefficient (Wildman–Crippen LogP) is 6.08. The Labute approximate surface area is 222 Å². The van der Waals surface area contributed by atoms with Crippen LogP contribution >= 0.6 is 0 Å². The van der Waals surface area contributed by atoms with Gasteiger partial charge in [0.2, 0.25) is 0 Å². The van der Waals surface area contributed by atoms with Crippen LogP contribution in [0, 0.1) is 0 Å². The normalized spacial score (nSPS) is 11.9. The highest BCUT2D eigenvalue weighted by Crippen LogP contribution is 2.27. The summed E-state index contributed by atoms with van der Waals surface area (Å²) in [6, 6.07) is 26.6. The lowest BCUT2D eigenvalue weighted by Gasteiger charge is -2.20. The summed E-state index contributed by atoms with van der Waals surface area (Å²) in [7, 11) is 0. The van der Waals surface area contributed by atoms with E-state index >= 15 is 0 Å². The van der Waals surface area contributed by atoms with Crippen LogP contribution in [0.5, 0.6) is 5.75 Å². The number of nitrogens with zero attached hydrogens (tertiary/aromatic N) is 2. The van der Waals surface area contributed by atoms with Crippen molar-refractivity contribution in [3.63, 3.8) is 0 Å². The summed E-state index contributed by atoms with van der Waals surface area (Å²) in [4.78, 5) is 25.2.